The Morgan fingerprint density at radius 1 is 0.741 bits per heavy atom. The van der Waals surface area contributed by atoms with Crippen LogP contribution >= 0.6 is 11.8 Å². The first kappa shape index (κ1) is 41.0. The molecule has 4 aromatic heterocycles. The number of ether oxygens (including phenoxy) is 2. The first-order chi connectivity index (χ1) is 27.9. The second-order valence-corrected chi connectivity index (χ2v) is 14.2. The van der Waals surface area contributed by atoms with Crippen molar-refractivity contribution in [2.45, 2.75) is 60.3 Å². The summed E-state index contributed by atoms with van der Waals surface area (Å²) in [5.74, 6) is -0.206. The highest BCUT2D eigenvalue weighted by molar-refractivity contribution is 7.98. The van der Waals surface area contributed by atoms with E-state index in [9.17, 15) is 19.2 Å². The van der Waals surface area contributed by atoms with E-state index in [-0.39, 0.29) is 36.1 Å². The average molecular weight is 811 g/mol. The number of rotatable bonds is 18. The predicted molar refractivity (Wildman–Crippen MR) is 222 cm³/mol. The van der Waals surface area contributed by atoms with E-state index in [1.807, 2.05) is 39.2 Å². The van der Waals surface area contributed by atoms with Crippen molar-refractivity contribution in [3.63, 3.8) is 0 Å². The third-order valence-electron chi connectivity index (χ3n) is 9.21. The quantitative estimate of drug-likeness (QED) is 0.0695. The normalized spacial score (nSPS) is 11.5. The summed E-state index contributed by atoms with van der Waals surface area (Å²) in [6.45, 7) is 9.08. The molecule has 0 aliphatic rings. The Bertz CT molecular complexity index is 2560. The van der Waals surface area contributed by atoms with E-state index < -0.39 is 23.6 Å². The van der Waals surface area contributed by atoms with E-state index in [0.717, 1.165) is 12.2 Å². The van der Waals surface area contributed by atoms with Crippen molar-refractivity contribution < 1.29 is 28.7 Å². The van der Waals surface area contributed by atoms with Crippen LogP contribution < -0.4 is 31.6 Å². The molecule has 19 heteroatoms. The molecule has 6 aromatic rings. The minimum Gasteiger partial charge on any atom is -0.494 e. The zero-order chi connectivity index (χ0) is 41.7. The first-order valence-electron chi connectivity index (χ1n) is 18.6. The number of aryl methyl sites for hydroxylation is 4. The molecule has 0 atom stereocenters. The molecule has 58 heavy (non-hydrogen) atoms. The standard InChI is InChI=1S/C39H46N12O6S/c1-7-50-28(16-22(3)46-50)36(54)44-38-42-26-18-24(34(40)52)20-30(56-5)32(26)48(38)12-9-10-13-49-33-27(19-25(35(41)53)21-31(33)57-14-11-15-58-6)43-39(49)45-37(55)29-17-23(4)47-51(29)8-2/h9-10,16-21H,7-8,11-15H2,1-6H3,(H2,40,52)(H2,41,53)(H,42,44,54)(H,43,45,55)/b10-9+. The van der Waals surface area contributed by atoms with Crippen molar-refractivity contribution >= 4 is 69.4 Å². The van der Waals surface area contributed by atoms with Crippen LogP contribution in [-0.2, 0) is 26.2 Å². The second-order valence-electron chi connectivity index (χ2n) is 13.3. The van der Waals surface area contributed by atoms with Gasteiger partial charge in [-0.1, -0.05) is 12.2 Å². The van der Waals surface area contributed by atoms with Gasteiger partial charge in [0.25, 0.3) is 11.8 Å². The number of benzene rings is 2. The van der Waals surface area contributed by atoms with Crippen LogP contribution in [-0.4, -0.2) is 88.0 Å². The fraction of sp³-hybridized carbons (Fsp3) is 0.333. The smallest absolute Gasteiger partial charge is 0.276 e. The van der Waals surface area contributed by atoms with E-state index in [2.05, 4.69) is 25.8 Å². The molecule has 0 aliphatic carbocycles. The van der Waals surface area contributed by atoms with Gasteiger partial charge in [0.15, 0.2) is 0 Å². The minimum absolute atomic E-state index is 0.178. The van der Waals surface area contributed by atoms with Gasteiger partial charge >= 0.3 is 0 Å². The Kier molecular flexibility index (Phi) is 12.5. The molecule has 0 aliphatic heterocycles. The van der Waals surface area contributed by atoms with Crippen LogP contribution in [0.25, 0.3) is 22.1 Å². The van der Waals surface area contributed by atoms with Crippen LogP contribution in [0.4, 0.5) is 11.9 Å². The highest BCUT2D eigenvalue weighted by Gasteiger charge is 2.23. The van der Waals surface area contributed by atoms with Gasteiger partial charge in [0.05, 0.1) is 36.1 Å². The molecule has 0 unspecified atom stereocenters. The number of hydrogen-bond acceptors (Lipinski definition) is 11. The van der Waals surface area contributed by atoms with Gasteiger partial charge in [-0.3, -0.25) is 39.2 Å². The van der Waals surface area contributed by atoms with E-state index in [1.54, 1.807) is 61.4 Å². The van der Waals surface area contributed by atoms with Gasteiger partial charge in [0.1, 0.15) is 33.9 Å². The molecule has 6 N–H and O–H groups in total. The average Bonchev–Trinajstić information content (AvgIpc) is 3.96. The highest BCUT2D eigenvalue weighted by atomic mass is 32.2. The number of carbonyl (C=O) groups excluding carboxylic acids is 4. The number of fused-ring (bicyclic) bond motifs is 2. The summed E-state index contributed by atoms with van der Waals surface area (Å²) in [6.07, 6.45) is 6.47. The summed E-state index contributed by atoms with van der Waals surface area (Å²) in [7, 11) is 1.46. The molecule has 0 radical (unpaired) electrons. The van der Waals surface area contributed by atoms with Crippen LogP contribution in [0.5, 0.6) is 11.5 Å². The lowest BCUT2D eigenvalue weighted by Crippen LogP contribution is -2.20. The monoisotopic (exact) mass is 810 g/mol. The number of amides is 4. The minimum atomic E-state index is -0.664. The first-order valence-corrected chi connectivity index (χ1v) is 20.0. The third kappa shape index (κ3) is 8.53. The number of nitrogens with two attached hydrogens (primary N) is 2. The molecule has 0 fully saturated rings. The number of thioether (sulfide) groups is 1. The molecule has 0 bridgehead atoms. The number of imidazole rings is 2. The zero-order valence-corrected chi connectivity index (χ0v) is 34.0. The Labute approximate surface area is 337 Å². The van der Waals surface area contributed by atoms with Crippen LogP contribution in [0.3, 0.4) is 0 Å². The van der Waals surface area contributed by atoms with Gasteiger partial charge in [0.2, 0.25) is 23.7 Å². The number of aromatic nitrogens is 8. The number of hydrogen-bond donors (Lipinski definition) is 4. The number of nitrogens with zero attached hydrogens (tertiary/aromatic N) is 8. The lowest BCUT2D eigenvalue weighted by Gasteiger charge is -2.13. The van der Waals surface area contributed by atoms with Gasteiger partial charge < -0.3 is 30.1 Å². The molecule has 4 heterocycles. The van der Waals surface area contributed by atoms with Crippen molar-refractivity contribution in [1.82, 2.24) is 38.7 Å². The van der Waals surface area contributed by atoms with Gasteiger partial charge in [-0.05, 0) is 82.5 Å². The zero-order valence-electron chi connectivity index (χ0n) is 33.2. The third-order valence-corrected chi connectivity index (χ3v) is 9.91. The molecule has 304 valence electrons. The SMILES string of the molecule is CCn1nc(C)cc1C(=O)Nc1nc2cc(C(N)=O)cc(OC)c2n1C/C=C/Cn1c(NC(=O)c2cc(C)nn2CC)nc2cc(C(N)=O)cc(OCCCSC)c21. The molecule has 18 nitrogen and oxygen atoms in total. The number of nitrogens with one attached hydrogen (secondary N) is 2. The lowest BCUT2D eigenvalue weighted by atomic mass is 10.1. The van der Waals surface area contributed by atoms with Crippen molar-refractivity contribution in [2.75, 3.05) is 36.4 Å². The van der Waals surface area contributed by atoms with Crippen molar-refractivity contribution in [1.29, 1.82) is 0 Å². The van der Waals surface area contributed by atoms with Gasteiger partial charge in [-0.25, -0.2) is 9.97 Å². The maximum atomic E-state index is 13.7. The Hall–Kier alpha value is -6.63. The number of carbonyl (C=O) groups is 4. The fourth-order valence-electron chi connectivity index (χ4n) is 6.57. The molecule has 0 spiro atoms. The molecular formula is C39H46N12O6S. The Morgan fingerprint density at radius 2 is 1.21 bits per heavy atom. The Morgan fingerprint density at radius 3 is 1.64 bits per heavy atom. The molecule has 0 saturated heterocycles. The number of anilines is 2. The molecule has 6 rings (SSSR count). The van der Waals surface area contributed by atoms with Gasteiger partial charge in [0, 0.05) is 37.3 Å². The van der Waals surface area contributed by atoms with E-state index in [1.165, 1.54) is 19.2 Å². The van der Waals surface area contributed by atoms with Crippen molar-refractivity contribution in [3.8, 4) is 11.5 Å². The number of allylic oxidation sites excluding steroid dienone is 2. The summed E-state index contributed by atoms with van der Waals surface area (Å²) in [4.78, 5) is 61.3. The van der Waals surface area contributed by atoms with Crippen LogP contribution in [0, 0.1) is 13.8 Å². The van der Waals surface area contributed by atoms with Crippen LogP contribution in [0.1, 0.15) is 73.3 Å². The van der Waals surface area contributed by atoms with Gasteiger partial charge in [-0.15, -0.1) is 0 Å². The van der Waals surface area contributed by atoms with Crippen LogP contribution in [0.2, 0.25) is 0 Å². The summed E-state index contributed by atoms with van der Waals surface area (Å²) in [5, 5.41) is 14.7. The summed E-state index contributed by atoms with van der Waals surface area (Å²) in [6, 6.07) is 9.59. The maximum absolute atomic E-state index is 13.7. The van der Waals surface area contributed by atoms with Crippen molar-refractivity contribution in [3.05, 3.63) is 82.5 Å². The largest absolute Gasteiger partial charge is 0.494 e. The van der Waals surface area contributed by atoms with Crippen molar-refractivity contribution in [2.24, 2.45) is 11.5 Å². The maximum Gasteiger partial charge on any atom is 0.276 e. The molecule has 4 amide bonds. The number of methoxy groups -OCH3 is 1. The van der Waals surface area contributed by atoms with E-state index >= 15 is 0 Å². The summed E-state index contributed by atoms with van der Waals surface area (Å²) in [5.41, 5.74) is 15.6. The summed E-state index contributed by atoms with van der Waals surface area (Å²) < 4.78 is 18.6. The molecule has 0 saturated carbocycles. The molecular weight excluding hydrogens is 765 g/mol. The predicted octanol–water partition coefficient (Wildman–Crippen LogP) is 4.53. The molecule has 2 aromatic carbocycles. The lowest BCUT2D eigenvalue weighted by molar-refractivity contribution is 0.0991. The topological polar surface area (TPSA) is 234 Å². The van der Waals surface area contributed by atoms with Gasteiger partial charge in [-0.2, -0.15) is 22.0 Å². The van der Waals surface area contributed by atoms with E-state index in [4.69, 9.17) is 25.9 Å². The highest BCUT2D eigenvalue weighted by Crippen LogP contribution is 2.33. The van der Waals surface area contributed by atoms with Crippen LogP contribution in [0.15, 0.2) is 48.6 Å². The Balaban J connectivity index is 1.41. The second kappa shape index (κ2) is 17.7. The van der Waals surface area contributed by atoms with E-state index in [0.29, 0.717) is 76.0 Å². The summed E-state index contributed by atoms with van der Waals surface area (Å²) >= 11 is 1.69. The number of primary amides is 2. The fourth-order valence-corrected chi connectivity index (χ4v) is 6.98.